The molecule has 0 atom stereocenters. The third-order valence-electron chi connectivity index (χ3n) is 2.02. The minimum absolute atomic E-state index is 1.05. The summed E-state index contributed by atoms with van der Waals surface area (Å²) in [6.45, 7) is 19.4. The summed E-state index contributed by atoms with van der Waals surface area (Å²) in [6, 6.07) is 1.14. The maximum Gasteiger partial charge on any atom is 0.311 e. The second-order valence-corrected chi connectivity index (χ2v) is 19.0. The van der Waals surface area contributed by atoms with Gasteiger partial charge in [-0.2, -0.15) is 0 Å². The van der Waals surface area contributed by atoms with E-state index in [9.17, 15) is 0 Å². The van der Waals surface area contributed by atoms with Gasteiger partial charge in [-0.1, -0.05) is 6.08 Å². The highest BCUT2D eigenvalue weighted by Gasteiger charge is 2.37. The first-order valence-electron chi connectivity index (χ1n) is 5.99. The van der Waals surface area contributed by atoms with Gasteiger partial charge in [0.25, 0.3) is 0 Å². The Kier molecular flexibility index (Phi) is 5.88. The third-order valence-corrected chi connectivity index (χ3v) is 12.1. The number of allylic oxidation sites excluding steroid dienone is 1. The highest BCUT2D eigenvalue weighted by molar-refractivity contribution is 6.87. The summed E-state index contributed by atoms with van der Waals surface area (Å²) in [4.78, 5) is 0. The zero-order valence-electron chi connectivity index (χ0n) is 12.0. The van der Waals surface area contributed by atoms with Crippen LogP contribution in [-0.4, -0.2) is 25.2 Å². The highest BCUT2D eigenvalue weighted by atomic mass is 28.5. The van der Waals surface area contributed by atoms with E-state index in [-0.39, 0.29) is 0 Å². The van der Waals surface area contributed by atoms with Gasteiger partial charge in [-0.3, -0.25) is 0 Å². The molecule has 0 fully saturated rings. The van der Waals surface area contributed by atoms with Crippen LogP contribution in [0.1, 0.15) is 6.42 Å². The van der Waals surface area contributed by atoms with Crippen LogP contribution in [0.15, 0.2) is 12.7 Å². The molecule has 0 unspecified atom stereocenters. The molecular formula is C11H28O2Si3. The quantitative estimate of drug-likeness (QED) is 0.509. The first-order chi connectivity index (χ1) is 6.97. The molecule has 0 saturated carbocycles. The lowest BCUT2D eigenvalue weighted by Gasteiger charge is -2.37. The summed E-state index contributed by atoms with van der Waals surface area (Å²) in [7, 11) is -4.99. The fourth-order valence-electron chi connectivity index (χ4n) is 1.92. The minimum atomic E-state index is -1.93. The molecule has 0 radical (unpaired) electrons. The molecule has 0 bridgehead atoms. The molecule has 0 aromatic rings. The van der Waals surface area contributed by atoms with Crippen LogP contribution in [0.3, 0.4) is 0 Å². The summed E-state index contributed by atoms with van der Waals surface area (Å²) in [5.41, 5.74) is 0. The van der Waals surface area contributed by atoms with Gasteiger partial charge in [0.2, 0.25) is 0 Å². The van der Waals surface area contributed by atoms with Crippen molar-refractivity contribution in [1.29, 1.82) is 0 Å². The summed E-state index contributed by atoms with van der Waals surface area (Å²) in [5.74, 6) is 0. The zero-order valence-corrected chi connectivity index (χ0v) is 15.0. The molecule has 0 heterocycles. The monoisotopic (exact) mass is 276 g/mol. The average molecular weight is 277 g/mol. The van der Waals surface area contributed by atoms with Crippen LogP contribution in [-0.2, 0) is 8.23 Å². The van der Waals surface area contributed by atoms with E-state index >= 15 is 0 Å². The third kappa shape index (κ3) is 8.46. The Morgan fingerprint density at radius 3 is 1.81 bits per heavy atom. The fourth-order valence-corrected chi connectivity index (χ4v) is 15.0. The number of rotatable bonds is 7. The van der Waals surface area contributed by atoms with Crippen molar-refractivity contribution in [3.63, 3.8) is 0 Å². The van der Waals surface area contributed by atoms with Crippen molar-refractivity contribution in [3.05, 3.63) is 12.7 Å². The zero-order chi connectivity index (χ0) is 13.0. The van der Waals surface area contributed by atoms with Crippen molar-refractivity contribution in [2.45, 2.75) is 58.3 Å². The second-order valence-electron chi connectivity index (χ2n) is 6.30. The molecule has 0 spiro atoms. The van der Waals surface area contributed by atoms with Gasteiger partial charge >= 0.3 is 8.56 Å². The lowest BCUT2D eigenvalue weighted by molar-refractivity contribution is 0.392. The van der Waals surface area contributed by atoms with Crippen LogP contribution in [0.5, 0.6) is 0 Å². The average Bonchev–Trinajstić information content (AvgIpc) is 1.93. The lowest BCUT2D eigenvalue weighted by Crippen LogP contribution is -2.51. The normalized spacial score (nSPS) is 13.9. The molecule has 96 valence electrons. The molecule has 2 nitrogen and oxygen atoms in total. The van der Waals surface area contributed by atoms with Crippen LogP contribution >= 0.6 is 0 Å². The first kappa shape index (κ1) is 16.3. The molecular weight excluding hydrogens is 248 g/mol. The highest BCUT2D eigenvalue weighted by Crippen LogP contribution is 2.23. The summed E-state index contributed by atoms with van der Waals surface area (Å²) in [5, 5.41) is 0. The van der Waals surface area contributed by atoms with Gasteiger partial charge in [0, 0.05) is 0 Å². The summed E-state index contributed by atoms with van der Waals surface area (Å²) < 4.78 is 12.6. The van der Waals surface area contributed by atoms with E-state index in [1.807, 2.05) is 6.08 Å². The summed E-state index contributed by atoms with van der Waals surface area (Å²) in [6.07, 6.45) is 3.03. The number of hydrogen-bond acceptors (Lipinski definition) is 2. The smallest absolute Gasteiger partial charge is 0.311 e. The van der Waals surface area contributed by atoms with E-state index in [1.165, 1.54) is 0 Å². The van der Waals surface area contributed by atoms with Gasteiger partial charge < -0.3 is 8.23 Å². The molecule has 0 aromatic heterocycles. The summed E-state index contributed by atoms with van der Waals surface area (Å²) >= 11 is 0. The van der Waals surface area contributed by atoms with E-state index in [4.69, 9.17) is 8.23 Å². The van der Waals surface area contributed by atoms with Crippen molar-refractivity contribution in [2.24, 2.45) is 0 Å². The van der Waals surface area contributed by atoms with Gasteiger partial charge in [0.05, 0.1) is 0 Å². The standard InChI is InChI=1S/C11H28O2Si3/c1-9-10-11-15(5,6)13-16(7,8)12-14(2,3)4/h9H,1,10-11H2,2-8H3. The Balaban J connectivity index is 4.38. The number of hydrogen-bond donors (Lipinski definition) is 0. The van der Waals surface area contributed by atoms with Crippen LogP contribution in [0.4, 0.5) is 0 Å². The molecule has 0 amide bonds. The Morgan fingerprint density at radius 1 is 0.938 bits per heavy atom. The molecule has 0 aliphatic rings. The van der Waals surface area contributed by atoms with Crippen molar-refractivity contribution in [2.75, 3.05) is 0 Å². The molecule has 5 heteroatoms. The Labute approximate surface area is 105 Å². The Hall–Kier alpha value is 0.311. The first-order valence-corrected chi connectivity index (χ1v) is 15.3. The van der Waals surface area contributed by atoms with Crippen LogP contribution in [0.25, 0.3) is 0 Å². The van der Waals surface area contributed by atoms with Gasteiger partial charge in [-0.15, -0.1) is 6.58 Å². The van der Waals surface area contributed by atoms with E-state index in [1.54, 1.807) is 0 Å². The van der Waals surface area contributed by atoms with E-state index < -0.39 is 25.2 Å². The maximum absolute atomic E-state index is 6.35. The van der Waals surface area contributed by atoms with E-state index in [2.05, 4.69) is 52.4 Å². The Morgan fingerprint density at radius 2 is 1.44 bits per heavy atom. The topological polar surface area (TPSA) is 18.5 Å². The van der Waals surface area contributed by atoms with Gasteiger partial charge in [-0.05, 0) is 58.3 Å². The maximum atomic E-state index is 6.35. The molecule has 0 N–H and O–H groups in total. The largest absolute Gasteiger partial charge is 0.437 e. The SMILES string of the molecule is C=CCC[Si](C)(C)O[Si](C)(C)O[Si](C)(C)C. The van der Waals surface area contributed by atoms with E-state index in [0.29, 0.717) is 0 Å². The molecule has 0 rings (SSSR count). The van der Waals surface area contributed by atoms with Crippen LogP contribution in [0.2, 0.25) is 51.9 Å². The van der Waals surface area contributed by atoms with Crippen molar-refractivity contribution >= 4 is 25.2 Å². The molecule has 16 heavy (non-hydrogen) atoms. The lowest BCUT2D eigenvalue weighted by atomic mass is 10.5. The fraction of sp³-hybridized carbons (Fsp3) is 0.818. The molecule has 0 aromatic carbocycles. The van der Waals surface area contributed by atoms with E-state index in [0.717, 1.165) is 12.5 Å². The van der Waals surface area contributed by atoms with Gasteiger partial charge in [0.1, 0.15) is 0 Å². The molecule has 0 aliphatic heterocycles. The van der Waals surface area contributed by atoms with Crippen molar-refractivity contribution in [3.8, 4) is 0 Å². The molecule has 0 saturated heterocycles. The van der Waals surface area contributed by atoms with Crippen molar-refractivity contribution < 1.29 is 8.23 Å². The molecule has 0 aliphatic carbocycles. The van der Waals surface area contributed by atoms with Crippen LogP contribution < -0.4 is 0 Å². The van der Waals surface area contributed by atoms with Gasteiger partial charge in [0.15, 0.2) is 16.6 Å². The van der Waals surface area contributed by atoms with Gasteiger partial charge in [-0.25, -0.2) is 0 Å². The van der Waals surface area contributed by atoms with Crippen LogP contribution in [0, 0.1) is 0 Å². The van der Waals surface area contributed by atoms with Crippen molar-refractivity contribution in [1.82, 2.24) is 0 Å². The Bertz CT molecular complexity index is 232. The minimum Gasteiger partial charge on any atom is -0.437 e. The second kappa shape index (κ2) is 5.77. The predicted octanol–water partition coefficient (Wildman–Crippen LogP) is 4.34. The predicted molar refractivity (Wildman–Crippen MR) is 80.1 cm³/mol.